The van der Waals surface area contributed by atoms with Crippen LogP contribution in [0.3, 0.4) is 0 Å². The molecule has 326 valence electrons. The number of nitrogens with zero attached hydrogens (tertiary/aromatic N) is 3. The molecule has 0 spiro atoms. The van der Waals surface area contributed by atoms with Gasteiger partial charge in [-0.15, -0.1) is 0 Å². The van der Waals surface area contributed by atoms with E-state index in [9.17, 15) is 48.0 Å². The fraction of sp³-hybridized carbons (Fsp3) is 0.225. The number of halogens is 6. The third-order valence-corrected chi connectivity index (χ3v) is 12.7. The van der Waals surface area contributed by atoms with Crippen LogP contribution >= 0.6 is 0 Å². The lowest BCUT2D eigenvalue weighted by atomic mass is 10.1. The van der Waals surface area contributed by atoms with Crippen molar-refractivity contribution < 1.29 is 67.8 Å². The van der Waals surface area contributed by atoms with Crippen molar-refractivity contribution in [1.29, 1.82) is 0 Å². The summed E-state index contributed by atoms with van der Waals surface area (Å²) < 4.78 is 118. The molecule has 0 aliphatic carbocycles. The molecule has 1 saturated heterocycles. The Hall–Kier alpha value is -6.03. The van der Waals surface area contributed by atoms with E-state index in [2.05, 4.69) is 16.3 Å². The maximum absolute atomic E-state index is 13.2. The lowest BCUT2D eigenvalue weighted by Crippen LogP contribution is -2.42. The predicted molar refractivity (Wildman–Crippen MR) is 212 cm³/mol. The first-order valence-electron chi connectivity index (χ1n) is 17.8. The molecule has 3 heterocycles. The molecule has 0 bridgehead atoms. The SMILES string of the molecule is Cc1ccccc1S(=O)(=O)n1ccc2c(C=O)cccc21.Cc1ccccc1S(=O)(=O)n1ccc2c(CN3CCNCC3)cccc21.O=C(O)C(F)(F)F.O=C(O)C(F)(F)F. The molecule has 0 atom stereocenters. The molecule has 0 amide bonds. The van der Waals surface area contributed by atoms with Crippen molar-refractivity contribution in [3.63, 3.8) is 0 Å². The second kappa shape index (κ2) is 19.6. The van der Waals surface area contributed by atoms with E-state index in [-0.39, 0.29) is 4.90 Å². The van der Waals surface area contributed by atoms with Crippen molar-refractivity contribution in [2.45, 2.75) is 42.5 Å². The number of aliphatic carboxylic acids is 2. The summed E-state index contributed by atoms with van der Waals surface area (Å²) >= 11 is 0. The van der Waals surface area contributed by atoms with Gasteiger partial charge in [0, 0.05) is 61.5 Å². The van der Waals surface area contributed by atoms with Crippen molar-refractivity contribution in [2.24, 2.45) is 0 Å². The number of carboxylic acid groups (broad SMARTS) is 2. The average Bonchev–Trinajstić information content (AvgIpc) is 3.85. The minimum Gasteiger partial charge on any atom is -0.475 e. The Bertz CT molecular complexity index is 2720. The number of carbonyl (C=O) groups is 3. The van der Waals surface area contributed by atoms with Crippen LogP contribution in [-0.2, 0) is 36.2 Å². The topological polar surface area (TPSA) is 185 Å². The van der Waals surface area contributed by atoms with Gasteiger partial charge >= 0.3 is 24.3 Å². The zero-order chi connectivity index (χ0) is 45.3. The van der Waals surface area contributed by atoms with Crippen LogP contribution in [0, 0.1) is 13.8 Å². The van der Waals surface area contributed by atoms with Crippen molar-refractivity contribution in [2.75, 3.05) is 26.2 Å². The molecule has 21 heteroatoms. The second-order valence-corrected chi connectivity index (χ2v) is 16.7. The third kappa shape index (κ3) is 11.6. The zero-order valence-electron chi connectivity index (χ0n) is 32.2. The zero-order valence-corrected chi connectivity index (χ0v) is 33.8. The third-order valence-electron chi connectivity index (χ3n) is 8.99. The number of aryl methyl sites for hydroxylation is 2. The first-order chi connectivity index (χ1) is 28.5. The van der Waals surface area contributed by atoms with Gasteiger partial charge < -0.3 is 15.5 Å². The summed E-state index contributed by atoms with van der Waals surface area (Å²) in [5, 5.41) is 19.2. The molecule has 2 aromatic heterocycles. The Kier molecular flexibility index (Phi) is 15.3. The smallest absolute Gasteiger partial charge is 0.475 e. The van der Waals surface area contributed by atoms with Crippen LogP contribution in [0.5, 0.6) is 0 Å². The molecular weight excluding hydrogens is 859 g/mol. The number of carbonyl (C=O) groups excluding carboxylic acids is 1. The van der Waals surface area contributed by atoms with Gasteiger partial charge in [-0.05, 0) is 66.9 Å². The van der Waals surface area contributed by atoms with Crippen LogP contribution in [0.2, 0.25) is 0 Å². The Morgan fingerprint density at radius 1 is 0.639 bits per heavy atom. The maximum Gasteiger partial charge on any atom is 0.490 e. The minimum atomic E-state index is -5.08. The molecule has 0 saturated carbocycles. The molecule has 0 radical (unpaired) electrons. The number of piperazine rings is 1. The molecule has 61 heavy (non-hydrogen) atoms. The monoisotopic (exact) mass is 896 g/mol. The number of alkyl halides is 6. The number of hydrogen-bond donors (Lipinski definition) is 3. The molecule has 3 N–H and O–H groups in total. The number of aromatic nitrogens is 2. The van der Waals surface area contributed by atoms with E-state index in [0.717, 1.165) is 55.5 Å². The Balaban J connectivity index is 0.000000208. The van der Waals surface area contributed by atoms with Crippen LogP contribution in [-0.4, -0.2) is 96.6 Å². The molecule has 1 aliphatic rings. The average molecular weight is 897 g/mol. The van der Waals surface area contributed by atoms with Crippen LogP contribution in [0.15, 0.2) is 119 Å². The van der Waals surface area contributed by atoms with Crippen molar-refractivity contribution >= 4 is 60.1 Å². The van der Waals surface area contributed by atoms with E-state index >= 15 is 0 Å². The van der Waals surface area contributed by atoms with E-state index in [1.165, 1.54) is 19.7 Å². The summed E-state index contributed by atoms with van der Waals surface area (Å²) in [5.41, 5.74) is 4.33. The summed E-state index contributed by atoms with van der Waals surface area (Å²) in [6.45, 7) is 8.45. The molecule has 0 unspecified atom stereocenters. The molecule has 6 aromatic rings. The van der Waals surface area contributed by atoms with E-state index in [4.69, 9.17) is 19.8 Å². The van der Waals surface area contributed by atoms with Gasteiger partial charge in [0.1, 0.15) is 0 Å². The van der Waals surface area contributed by atoms with E-state index in [0.29, 0.717) is 26.9 Å². The van der Waals surface area contributed by atoms with Gasteiger partial charge in [-0.25, -0.2) is 34.4 Å². The fourth-order valence-corrected chi connectivity index (χ4v) is 9.20. The Morgan fingerprint density at radius 3 is 1.48 bits per heavy atom. The van der Waals surface area contributed by atoms with Gasteiger partial charge in [0.05, 0.1) is 20.8 Å². The van der Waals surface area contributed by atoms with Gasteiger partial charge in [-0.3, -0.25) is 9.69 Å². The highest BCUT2D eigenvalue weighted by Crippen LogP contribution is 2.28. The number of carboxylic acids is 2. The first kappa shape index (κ1) is 47.6. The highest BCUT2D eigenvalue weighted by molar-refractivity contribution is 7.90. The quantitative estimate of drug-likeness (QED) is 0.112. The Morgan fingerprint density at radius 2 is 1.05 bits per heavy atom. The highest BCUT2D eigenvalue weighted by Gasteiger charge is 2.39. The number of nitrogens with one attached hydrogen (secondary N) is 1. The van der Waals surface area contributed by atoms with Crippen LogP contribution in [0.4, 0.5) is 26.3 Å². The van der Waals surface area contributed by atoms with Crippen molar-refractivity contribution in [3.8, 4) is 0 Å². The van der Waals surface area contributed by atoms with Gasteiger partial charge in [0.2, 0.25) is 0 Å². The Labute approximate surface area is 345 Å². The van der Waals surface area contributed by atoms with E-state index in [1.807, 2.05) is 37.3 Å². The van der Waals surface area contributed by atoms with Gasteiger partial charge in [0.15, 0.2) is 6.29 Å². The van der Waals surface area contributed by atoms with Crippen LogP contribution in [0.1, 0.15) is 27.0 Å². The van der Waals surface area contributed by atoms with Crippen molar-refractivity contribution in [3.05, 3.63) is 132 Å². The normalized spacial score (nSPS) is 13.5. The predicted octanol–water partition coefficient (Wildman–Crippen LogP) is 6.86. The largest absolute Gasteiger partial charge is 0.490 e. The first-order valence-corrected chi connectivity index (χ1v) is 20.7. The molecule has 13 nitrogen and oxygen atoms in total. The molecule has 4 aromatic carbocycles. The number of rotatable bonds is 7. The van der Waals surface area contributed by atoms with Gasteiger partial charge in [-0.1, -0.05) is 60.7 Å². The maximum atomic E-state index is 13.2. The van der Waals surface area contributed by atoms with Gasteiger partial charge in [0.25, 0.3) is 20.0 Å². The number of aldehydes is 1. The molecule has 1 aliphatic heterocycles. The summed E-state index contributed by atoms with van der Waals surface area (Å²) in [6.07, 6.45) is -6.28. The lowest BCUT2D eigenvalue weighted by Gasteiger charge is -2.27. The molecular formula is C40H38F6N4O9S2. The number of fused-ring (bicyclic) bond motifs is 2. The van der Waals surface area contributed by atoms with Crippen LogP contribution in [0.25, 0.3) is 21.8 Å². The summed E-state index contributed by atoms with van der Waals surface area (Å²) in [5.74, 6) is -5.51. The fourth-order valence-electron chi connectivity index (χ4n) is 6.05. The minimum absolute atomic E-state index is 0.263. The van der Waals surface area contributed by atoms with Crippen molar-refractivity contribution in [1.82, 2.24) is 18.2 Å². The lowest BCUT2D eigenvalue weighted by molar-refractivity contribution is -0.193. The van der Waals surface area contributed by atoms with E-state index < -0.39 is 44.3 Å². The second-order valence-electron chi connectivity index (χ2n) is 13.1. The molecule has 1 fully saturated rings. The summed E-state index contributed by atoms with van der Waals surface area (Å²) in [4.78, 5) is 31.9. The summed E-state index contributed by atoms with van der Waals surface area (Å²) in [7, 11) is -7.29. The number of benzene rings is 4. The molecule has 7 rings (SSSR count). The number of hydrogen-bond acceptors (Lipinski definition) is 9. The standard InChI is InChI=1S/C20H23N3O2S.C16H13NO3S.2C2HF3O2/c1-16-5-2-3-8-20(16)26(24,25)23-12-9-18-17(6-4-7-19(18)23)15-22-13-10-21-11-14-22;1-12-5-2-3-8-16(12)21(19,20)17-10-9-14-13(11-18)6-4-7-15(14)17;2*3-2(4,5)1(6)7/h2-9,12,21H,10-11,13-15H2,1H3;2-11H,1H3;2*(H,6,7). The van der Waals surface area contributed by atoms with Gasteiger partial charge in [-0.2, -0.15) is 26.3 Å². The van der Waals surface area contributed by atoms with E-state index in [1.54, 1.807) is 73.8 Å². The van der Waals surface area contributed by atoms with Crippen LogP contribution < -0.4 is 5.32 Å². The summed E-state index contributed by atoms with van der Waals surface area (Å²) in [6, 6.07) is 28.5. The highest BCUT2D eigenvalue weighted by atomic mass is 32.2.